The summed E-state index contributed by atoms with van der Waals surface area (Å²) in [7, 11) is 0. The number of aromatic nitrogens is 1. The van der Waals surface area contributed by atoms with Crippen molar-refractivity contribution in [3.8, 4) is 28.5 Å². The summed E-state index contributed by atoms with van der Waals surface area (Å²) in [4.78, 5) is 17.9. The zero-order valence-corrected chi connectivity index (χ0v) is 27.8. The highest BCUT2D eigenvalue weighted by Gasteiger charge is 2.20. The van der Waals surface area contributed by atoms with E-state index in [4.69, 9.17) is 26.1 Å². The van der Waals surface area contributed by atoms with Crippen LogP contribution in [0.15, 0.2) is 94.4 Å². The molecule has 1 aromatic heterocycles. The number of halogens is 2. The Morgan fingerprint density at radius 3 is 2.49 bits per heavy atom. The normalized spacial score (nSPS) is 11.6. The number of carbonyl (C=O) groups excluding carboxylic acids is 1. The van der Waals surface area contributed by atoms with Gasteiger partial charge in [-0.3, -0.25) is 4.79 Å². The minimum absolute atomic E-state index is 0.0208. The van der Waals surface area contributed by atoms with Gasteiger partial charge in [-0.05, 0) is 53.6 Å². The fourth-order valence-corrected chi connectivity index (χ4v) is 6.42. The fraction of sp³-hybridized carbons (Fsp3) is 0.265. The first-order valence-corrected chi connectivity index (χ1v) is 17.3. The summed E-state index contributed by atoms with van der Waals surface area (Å²) in [6.45, 7) is 2.85. The maximum Gasteiger partial charge on any atom is 0.316 e. The lowest BCUT2D eigenvalue weighted by atomic mass is 9.99. The third-order valence-corrected chi connectivity index (χ3v) is 9.29. The summed E-state index contributed by atoms with van der Waals surface area (Å²) in [5.74, 6) is 1.29. The molecule has 0 aliphatic heterocycles. The van der Waals surface area contributed by atoms with Crippen LogP contribution in [0.2, 0.25) is 5.02 Å². The number of unbranched alkanes of at least 4 members (excludes halogenated alkanes) is 1. The first-order chi connectivity index (χ1) is 21.0. The van der Waals surface area contributed by atoms with Crippen LogP contribution in [-0.4, -0.2) is 40.9 Å². The number of hydrogen-bond acceptors (Lipinski definition) is 7. The topological polar surface area (TPSA) is 72.2 Å². The van der Waals surface area contributed by atoms with E-state index in [0.717, 1.165) is 51.0 Å². The number of benzene rings is 3. The van der Waals surface area contributed by atoms with E-state index in [0.29, 0.717) is 28.0 Å². The molecule has 1 heterocycles. The van der Waals surface area contributed by atoms with Crippen LogP contribution in [-0.2, 0) is 20.9 Å². The van der Waals surface area contributed by atoms with Gasteiger partial charge in [0.2, 0.25) is 0 Å². The van der Waals surface area contributed by atoms with Crippen molar-refractivity contribution in [3.63, 3.8) is 0 Å². The van der Waals surface area contributed by atoms with E-state index in [9.17, 15) is 10.1 Å². The number of thioether (sulfide) groups is 2. The van der Waals surface area contributed by atoms with Crippen LogP contribution in [0.1, 0.15) is 30.9 Å². The summed E-state index contributed by atoms with van der Waals surface area (Å²) < 4.78 is 12.8. The van der Waals surface area contributed by atoms with Crippen molar-refractivity contribution in [2.24, 2.45) is 0 Å². The zero-order valence-electron chi connectivity index (χ0n) is 23.8. The van der Waals surface area contributed by atoms with Crippen LogP contribution in [0.5, 0.6) is 0 Å². The van der Waals surface area contributed by atoms with Crippen molar-refractivity contribution in [1.29, 1.82) is 5.26 Å². The summed E-state index contributed by atoms with van der Waals surface area (Å²) in [6.07, 6.45) is 1.83. The Hall–Kier alpha value is -2.80. The fourth-order valence-electron chi connectivity index (χ4n) is 4.16. The van der Waals surface area contributed by atoms with E-state index in [1.54, 1.807) is 11.8 Å². The van der Waals surface area contributed by atoms with Crippen molar-refractivity contribution in [1.82, 2.24) is 4.98 Å². The number of hydrogen-bond donors (Lipinski definition) is 0. The molecule has 0 radical (unpaired) electrons. The standard InChI is InChI=1S/C34H32BrClN2O3S2/c1-2-3-17-42-22-29(21-40-20-24-9-15-28(36)16-10-24)41-33(39)23-43-34-31(19-37)30(25-7-5-4-6-8-25)18-32(38-34)26-11-13-27(35)14-12-26/h4-16,18,29H,2-3,17,20-23H2,1H3. The first-order valence-electron chi connectivity index (χ1n) is 14.0. The molecule has 0 spiro atoms. The van der Waals surface area contributed by atoms with Gasteiger partial charge in [-0.25, -0.2) is 4.98 Å². The molecule has 3 aromatic carbocycles. The Morgan fingerprint density at radius 2 is 1.79 bits per heavy atom. The molecule has 4 rings (SSSR count). The largest absolute Gasteiger partial charge is 0.458 e. The highest BCUT2D eigenvalue weighted by molar-refractivity contribution is 9.10. The molecule has 222 valence electrons. The minimum atomic E-state index is -0.389. The Bertz CT molecular complexity index is 1510. The highest BCUT2D eigenvalue weighted by Crippen LogP contribution is 2.34. The van der Waals surface area contributed by atoms with E-state index in [1.807, 2.05) is 84.9 Å². The number of ether oxygens (including phenoxy) is 2. The summed E-state index contributed by atoms with van der Waals surface area (Å²) in [5.41, 5.74) is 4.75. The first kappa shape index (κ1) is 33.1. The molecule has 5 nitrogen and oxygen atoms in total. The SMILES string of the molecule is CCCCSCC(COCc1ccc(Cl)cc1)OC(=O)CSc1nc(-c2ccc(Br)cc2)cc(-c2ccccc2)c1C#N. The smallest absolute Gasteiger partial charge is 0.316 e. The molecular formula is C34H32BrClN2O3S2. The van der Waals surface area contributed by atoms with Crippen LogP contribution in [0.3, 0.4) is 0 Å². The Balaban J connectivity index is 1.48. The summed E-state index contributed by atoms with van der Waals surface area (Å²) >= 11 is 12.4. The molecule has 1 atom stereocenters. The molecule has 0 saturated heterocycles. The van der Waals surface area contributed by atoms with Gasteiger partial charge in [-0.2, -0.15) is 17.0 Å². The van der Waals surface area contributed by atoms with Crippen molar-refractivity contribution < 1.29 is 14.3 Å². The quantitative estimate of drug-likeness (QED) is 0.0697. The van der Waals surface area contributed by atoms with Crippen LogP contribution in [0.4, 0.5) is 0 Å². The Kier molecular flexibility index (Phi) is 13.5. The molecule has 9 heteroatoms. The molecule has 0 aliphatic carbocycles. The van der Waals surface area contributed by atoms with Gasteiger partial charge < -0.3 is 9.47 Å². The average Bonchev–Trinajstić information content (AvgIpc) is 3.03. The second-order valence-corrected chi connectivity index (χ2v) is 13.2. The average molecular weight is 696 g/mol. The third kappa shape index (κ3) is 10.4. The molecule has 0 N–H and O–H groups in total. The molecule has 43 heavy (non-hydrogen) atoms. The van der Waals surface area contributed by atoms with Gasteiger partial charge >= 0.3 is 5.97 Å². The van der Waals surface area contributed by atoms with Gasteiger partial charge in [0.1, 0.15) is 17.2 Å². The predicted molar refractivity (Wildman–Crippen MR) is 181 cm³/mol. The Labute approximate surface area is 275 Å². The number of nitriles is 1. The molecule has 0 amide bonds. The molecular weight excluding hydrogens is 664 g/mol. The zero-order chi connectivity index (χ0) is 30.4. The Morgan fingerprint density at radius 1 is 1.05 bits per heavy atom. The monoisotopic (exact) mass is 694 g/mol. The van der Waals surface area contributed by atoms with Crippen molar-refractivity contribution >= 4 is 57.0 Å². The molecule has 0 aliphatic rings. The van der Waals surface area contributed by atoms with E-state index >= 15 is 0 Å². The molecule has 0 fully saturated rings. The number of esters is 1. The van der Waals surface area contributed by atoms with Crippen LogP contribution in [0, 0.1) is 11.3 Å². The maximum atomic E-state index is 13.1. The van der Waals surface area contributed by atoms with E-state index in [2.05, 4.69) is 28.9 Å². The second kappa shape index (κ2) is 17.5. The van der Waals surface area contributed by atoms with Crippen molar-refractivity contribution in [2.75, 3.05) is 23.9 Å². The van der Waals surface area contributed by atoms with Crippen LogP contribution < -0.4 is 0 Å². The maximum absolute atomic E-state index is 13.1. The van der Waals surface area contributed by atoms with Crippen molar-refractivity contribution in [3.05, 3.63) is 106 Å². The van der Waals surface area contributed by atoms with Gasteiger partial charge in [0.25, 0.3) is 0 Å². The van der Waals surface area contributed by atoms with Gasteiger partial charge in [-0.15, -0.1) is 0 Å². The van der Waals surface area contributed by atoms with Gasteiger partial charge in [0, 0.05) is 26.4 Å². The lowest BCUT2D eigenvalue weighted by molar-refractivity contribution is -0.147. The third-order valence-electron chi connectivity index (χ3n) is 6.38. The molecule has 1 unspecified atom stereocenters. The molecule has 0 saturated carbocycles. The van der Waals surface area contributed by atoms with Crippen molar-refractivity contribution in [2.45, 2.75) is 37.5 Å². The van der Waals surface area contributed by atoms with Gasteiger partial charge in [0.05, 0.1) is 30.2 Å². The van der Waals surface area contributed by atoms with Gasteiger partial charge in [0.15, 0.2) is 0 Å². The second-order valence-electron chi connectivity index (χ2n) is 9.69. The van der Waals surface area contributed by atoms with E-state index in [1.165, 1.54) is 11.8 Å². The number of pyridine rings is 1. The molecule has 0 bridgehead atoms. The van der Waals surface area contributed by atoms with E-state index < -0.39 is 0 Å². The summed E-state index contributed by atoms with van der Waals surface area (Å²) in [6, 6.07) is 29.4. The highest BCUT2D eigenvalue weighted by atomic mass is 79.9. The molecule has 4 aromatic rings. The van der Waals surface area contributed by atoms with E-state index in [-0.39, 0.29) is 24.4 Å². The number of carbonyl (C=O) groups is 1. The lowest BCUT2D eigenvalue weighted by Gasteiger charge is -2.18. The van der Waals surface area contributed by atoms with Crippen LogP contribution >= 0.6 is 51.1 Å². The predicted octanol–water partition coefficient (Wildman–Crippen LogP) is 9.46. The number of rotatable bonds is 15. The minimum Gasteiger partial charge on any atom is -0.458 e. The number of nitrogens with zero attached hydrogens (tertiary/aromatic N) is 2. The van der Waals surface area contributed by atoms with Gasteiger partial charge in [-0.1, -0.05) is 107 Å². The summed E-state index contributed by atoms with van der Waals surface area (Å²) in [5, 5.41) is 11.3. The lowest BCUT2D eigenvalue weighted by Crippen LogP contribution is -2.27. The van der Waals surface area contributed by atoms with Crippen LogP contribution in [0.25, 0.3) is 22.4 Å².